The number of benzene rings is 1. The molecule has 0 radical (unpaired) electrons. The summed E-state index contributed by atoms with van der Waals surface area (Å²) in [5.74, 6) is -0.0968. The van der Waals surface area contributed by atoms with Crippen molar-refractivity contribution in [1.82, 2.24) is 0 Å². The van der Waals surface area contributed by atoms with Crippen molar-refractivity contribution < 1.29 is 19.6 Å². The number of aromatic hydroxyl groups is 1. The third kappa shape index (κ3) is 5.55. The Morgan fingerprint density at radius 3 is 2.60 bits per heavy atom. The Bertz CT molecular complexity index is 508. The summed E-state index contributed by atoms with van der Waals surface area (Å²) in [6.07, 6.45) is -0.499. The Balaban J connectivity index is 2.67. The van der Waals surface area contributed by atoms with Gasteiger partial charge in [0.1, 0.15) is 11.4 Å². The molecule has 7 heteroatoms. The number of phenolic OH excluding ortho intramolecular Hbond substituents is 1. The Morgan fingerprint density at radius 2 is 2.10 bits per heavy atom. The van der Waals surface area contributed by atoms with Gasteiger partial charge in [-0.25, -0.2) is 4.79 Å². The van der Waals surface area contributed by atoms with Gasteiger partial charge in [0.05, 0.1) is 0 Å². The summed E-state index contributed by atoms with van der Waals surface area (Å²) in [5.41, 5.74) is 0.204. The van der Waals surface area contributed by atoms with Crippen molar-refractivity contribution in [1.29, 1.82) is 0 Å². The van der Waals surface area contributed by atoms with Crippen LogP contribution >= 0.6 is 0 Å². The van der Waals surface area contributed by atoms with E-state index in [-0.39, 0.29) is 18.7 Å². The van der Waals surface area contributed by atoms with Crippen molar-refractivity contribution in [3.63, 3.8) is 0 Å². The number of nitrogens with zero attached hydrogens (tertiary/aromatic N) is 1. The van der Waals surface area contributed by atoms with Gasteiger partial charge >= 0.3 is 6.09 Å². The fourth-order valence-corrected chi connectivity index (χ4v) is 1.49. The van der Waals surface area contributed by atoms with Crippen LogP contribution in [0, 0.1) is 10.1 Å². The molecule has 1 amide bonds. The number of hydrogen-bond acceptors (Lipinski definition) is 5. The zero-order chi connectivity index (χ0) is 15.3. The molecule has 0 saturated carbocycles. The first-order valence-corrected chi connectivity index (χ1v) is 6.11. The quantitative estimate of drug-likeness (QED) is 0.652. The number of anilines is 1. The van der Waals surface area contributed by atoms with Crippen LogP contribution in [0.1, 0.15) is 26.3 Å². The highest BCUT2D eigenvalue weighted by atomic mass is 16.6. The standard InChI is InChI=1S/C13H18N2O5/c1-13(2,3)20-12(17)14-10-5-4-9(11(16)8-10)6-7-15(18)19/h4-5,8,16H,6-7H2,1-3H3,(H,14,17). The SMILES string of the molecule is CC(C)(C)OC(=O)Nc1ccc(CC[N+](=O)[O-])c(O)c1. The Kier molecular flexibility index (Phi) is 4.90. The predicted octanol–water partition coefficient (Wildman–Crippen LogP) is 2.56. The molecule has 0 spiro atoms. The summed E-state index contributed by atoms with van der Waals surface area (Å²) in [4.78, 5) is 21.4. The fourth-order valence-electron chi connectivity index (χ4n) is 1.49. The first kappa shape index (κ1) is 15.7. The second-order valence-electron chi connectivity index (χ2n) is 5.28. The summed E-state index contributed by atoms with van der Waals surface area (Å²) in [6, 6.07) is 4.42. The van der Waals surface area contributed by atoms with E-state index in [0.717, 1.165) is 0 Å². The normalized spacial score (nSPS) is 10.9. The van der Waals surface area contributed by atoms with Gasteiger partial charge in [-0.15, -0.1) is 0 Å². The molecule has 0 aliphatic rings. The van der Waals surface area contributed by atoms with Crippen molar-refractivity contribution in [3.8, 4) is 5.75 Å². The van der Waals surface area contributed by atoms with Crippen LogP contribution in [-0.4, -0.2) is 28.3 Å². The van der Waals surface area contributed by atoms with Crippen molar-refractivity contribution >= 4 is 11.8 Å². The van der Waals surface area contributed by atoms with Crippen LogP contribution in [0.25, 0.3) is 0 Å². The maximum absolute atomic E-state index is 11.5. The van der Waals surface area contributed by atoms with Gasteiger partial charge in [-0.2, -0.15) is 0 Å². The molecule has 7 nitrogen and oxygen atoms in total. The Labute approximate surface area is 116 Å². The number of phenols is 1. The molecule has 20 heavy (non-hydrogen) atoms. The summed E-state index contributed by atoms with van der Waals surface area (Å²) in [6.45, 7) is 4.96. The van der Waals surface area contributed by atoms with E-state index < -0.39 is 16.6 Å². The maximum atomic E-state index is 11.5. The second-order valence-corrected chi connectivity index (χ2v) is 5.28. The van der Waals surface area contributed by atoms with E-state index in [1.165, 1.54) is 12.1 Å². The molecule has 110 valence electrons. The van der Waals surface area contributed by atoms with Crippen molar-refractivity contribution in [2.75, 3.05) is 11.9 Å². The topological polar surface area (TPSA) is 102 Å². The lowest BCUT2D eigenvalue weighted by Crippen LogP contribution is -2.27. The minimum atomic E-state index is -0.630. The molecule has 2 N–H and O–H groups in total. The number of amides is 1. The minimum absolute atomic E-state index is 0.0968. The van der Waals surface area contributed by atoms with E-state index in [0.29, 0.717) is 11.3 Å². The predicted molar refractivity (Wildman–Crippen MR) is 73.5 cm³/mol. The molecule has 1 rings (SSSR count). The van der Waals surface area contributed by atoms with E-state index in [1.807, 2.05) is 0 Å². The van der Waals surface area contributed by atoms with Crippen molar-refractivity contribution in [2.24, 2.45) is 0 Å². The smallest absolute Gasteiger partial charge is 0.412 e. The molecule has 0 aliphatic carbocycles. The van der Waals surface area contributed by atoms with Gasteiger partial charge in [-0.3, -0.25) is 15.4 Å². The second kappa shape index (κ2) is 6.23. The van der Waals surface area contributed by atoms with Gasteiger partial charge < -0.3 is 9.84 Å². The average molecular weight is 282 g/mol. The lowest BCUT2D eigenvalue weighted by atomic mass is 10.1. The van der Waals surface area contributed by atoms with Crippen molar-refractivity contribution in [2.45, 2.75) is 32.8 Å². The van der Waals surface area contributed by atoms with E-state index in [1.54, 1.807) is 26.8 Å². The lowest BCUT2D eigenvalue weighted by Gasteiger charge is -2.19. The van der Waals surface area contributed by atoms with Gasteiger partial charge in [0.15, 0.2) is 0 Å². The third-order valence-corrected chi connectivity index (χ3v) is 2.29. The third-order valence-electron chi connectivity index (χ3n) is 2.29. The minimum Gasteiger partial charge on any atom is -0.508 e. The first-order chi connectivity index (χ1) is 9.17. The van der Waals surface area contributed by atoms with Crippen molar-refractivity contribution in [3.05, 3.63) is 33.9 Å². The molecule has 0 heterocycles. The zero-order valence-electron chi connectivity index (χ0n) is 11.7. The van der Waals surface area contributed by atoms with Crippen LogP contribution in [0.15, 0.2) is 18.2 Å². The molecular formula is C13H18N2O5. The molecule has 1 aromatic rings. The number of nitro groups is 1. The lowest BCUT2D eigenvalue weighted by molar-refractivity contribution is -0.479. The van der Waals surface area contributed by atoms with Gasteiger partial charge in [-0.05, 0) is 26.8 Å². The van der Waals surface area contributed by atoms with Crippen LogP contribution in [0.4, 0.5) is 10.5 Å². The van der Waals surface area contributed by atoms with E-state index in [9.17, 15) is 20.0 Å². The van der Waals surface area contributed by atoms with Crippen LogP contribution in [0.2, 0.25) is 0 Å². The number of nitrogens with one attached hydrogen (secondary N) is 1. The average Bonchev–Trinajstić information content (AvgIpc) is 2.24. The fraction of sp³-hybridized carbons (Fsp3) is 0.462. The summed E-state index contributed by atoms with van der Waals surface area (Å²) >= 11 is 0. The first-order valence-electron chi connectivity index (χ1n) is 6.11. The van der Waals surface area contributed by atoms with Crippen LogP contribution in [0.5, 0.6) is 5.75 Å². The van der Waals surface area contributed by atoms with Crippen LogP contribution < -0.4 is 5.32 Å². The highest BCUT2D eigenvalue weighted by molar-refractivity contribution is 5.85. The van der Waals surface area contributed by atoms with Gasteiger partial charge in [-0.1, -0.05) is 6.07 Å². The van der Waals surface area contributed by atoms with Gasteiger partial charge in [0.25, 0.3) is 0 Å². The summed E-state index contributed by atoms with van der Waals surface area (Å²) < 4.78 is 5.07. The number of hydrogen-bond donors (Lipinski definition) is 2. The highest BCUT2D eigenvalue weighted by Crippen LogP contribution is 2.23. The summed E-state index contributed by atoms with van der Waals surface area (Å²) in [7, 11) is 0. The Morgan fingerprint density at radius 1 is 1.45 bits per heavy atom. The van der Waals surface area contributed by atoms with Gasteiger partial charge in [0.2, 0.25) is 6.54 Å². The van der Waals surface area contributed by atoms with Gasteiger partial charge in [0, 0.05) is 28.7 Å². The maximum Gasteiger partial charge on any atom is 0.412 e. The molecule has 0 aliphatic heterocycles. The number of ether oxygens (including phenoxy) is 1. The summed E-state index contributed by atoms with van der Waals surface area (Å²) in [5, 5.41) is 22.5. The number of rotatable bonds is 4. The largest absolute Gasteiger partial charge is 0.508 e. The van der Waals surface area contributed by atoms with Crippen LogP contribution in [-0.2, 0) is 11.2 Å². The Hall–Kier alpha value is -2.31. The number of carbonyl (C=O) groups excluding carboxylic acids is 1. The van der Waals surface area contributed by atoms with E-state index in [4.69, 9.17) is 4.74 Å². The molecule has 0 unspecified atom stereocenters. The van der Waals surface area contributed by atoms with E-state index >= 15 is 0 Å². The zero-order valence-corrected chi connectivity index (χ0v) is 11.7. The molecule has 0 atom stereocenters. The molecule has 0 fully saturated rings. The molecule has 0 saturated heterocycles. The van der Waals surface area contributed by atoms with E-state index in [2.05, 4.69) is 5.32 Å². The monoisotopic (exact) mass is 282 g/mol. The highest BCUT2D eigenvalue weighted by Gasteiger charge is 2.16. The molecule has 0 aromatic heterocycles. The molecule has 0 bridgehead atoms. The number of carbonyl (C=O) groups is 1. The molecule has 1 aromatic carbocycles. The molecular weight excluding hydrogens is 264 g/mol. The van der Waals surface area contributed by atoms with Crippen LogP contribution in [0.3, 0.4) is 0 Å².